The molecule has 0 unspecified atom stereocenters. The molecular weight excluding hydrogens is 214 g/mol. The number of hydrogen-bond acceptors (Lipinski definition) is 1. The summed E-state index contributed by atoms with van der Waals surface area (Å²) in [5.41, 5.74) is 3.64. The lowest BCUT2D eigenvalue weighted by Crippen LogP contribution is -2.20. The highest BCUT2D eigenvalue weighted by Gasteiger charge is 2.01. The van der Waals surface area contributed by atoms with Crippen LogP contribution in [0.15, 0.2) is 30.8 Å². The molecule has 0 aliphatic carbocycles. The molecule has 0 aliphatic rings. The molecule has 0 bridgehead atoms. The third-order valence-corrected chi connectivity index (χ3v) is 2.84. The van der Waals surface area contributed by atoms with E-state index in [1.807, 2.05) is 0 Å². The molecule has 0 aromatic heterocycles. The van der Waals surface area contributed by atoms with E-state index >= 15 is 0 Å². The van der Waals surface area contributed by atoms with Gasteiger partial charge in [-0.2, -0.15) is 0 Å². The number of thiocarbonyl (C=S) groups is 1. The molecule has 1 aromatic carbocycles. The minimum absolute atomic E-state index is 0.885. The van der Waals surface area contributed by atoms with Crippen molar-refractivity contribution in [3.8, 4) is 0 Å². The van der Waals surface area contributed by atoms with E-state index in [9.17, 15) is 0 Å². The molecule has 1 aromatic rings. The van der Waals surface area contributed by atoms with E-state index < -0.39 is 0 Å². The second kappa shape index (κ2) is 6.44. The zero-order chi connectivity index (χ0) is 12.0. The summed E-state index contributed by atoms with van der Waals surface area (Å²) in [6.07, 6.45) is 1.81. The quantitative estimate of drug-likeness (QED) is 0.778. The van der Waals surface area contributed by atoms with Crippen LogP contribution in [0.2, 0.25) is 0 Å². The molecule has 0 fully saturated rings. The Balaban J connectivity index is 2.47. The van der Waals surface area contributed by atoms with Gasteiger partial charge in [0.15, 0.2) is 0 Å². The molecule has 0 heterocycles. The second-order valence-corrected chi connectivity index (χ2v) is 4.42. The van der Waals surface area contributed by atoms with Crippen LogP contribution in [0.5, 0.6) is 0 Å². The largest absolute Gasteiger partial charge is 0.380 e. The monoisotopic (exact) mass is 233 g/mol. The minimum Gasteiger partial charge on any atom is -0.380 e. The summed E-state index contributed by atoms with van der Waals surface area (Å²) in [6, 6.07) is 8.47. The summed E-state index contributed by atoms with van der Waals surface area (Å²) in [4.78, 5) is 0.927. The lowest BCUT2D eigenvalue weighted by atomic mass is 10.0. The van der Waals surface area contributed by atoms with Crippen LogP contribution in [0, 0.1) is 6.92 Å². The Bertz CT molecular complexity index is 365. The first-order valence-corrected chi connectivity index (χ1v) is 6.06. The van der Waals surface area contributed by atoms with Crippen molar-refractivity contribution in [1.82, 2.24) is 5.32 Å². The predicted molar refractivity (Wildman–Crippen MR) is 75.7 cm³/mol. The number of hydrogen-bond donors (Lipinski definition) is 1. The molecule has 0 saturated heterocycles. The predicted octanol–water partition coefficient (Wildman–Crippen LogP) is 3.73. The van der Waals surface area contributed by atoms with Crippen molar-refractivity contribution in [2.45, 2.75) is 26.7 Å². The van der Waals surface area contributed by atoms with E-state index in [1.54, 1.807) is 0 Å². The number of rotatable bonds is 5. The molecule has 1 N–H and O–H groups in total. The van der Waals surface area contributed by atoms with E-state index in [2.05, 4.69) is 50.0 Å². The van der Waals surface area contributed by atoms with Gasteiger partial charge in [0, 0.05) is 13.0 Å². The van der Waals surface area contributed by atoms with Gasteiger partial charge in [-0.05, 0) is 31.4 Å². The van der Waals surface area contributed by atoms with E-state index in [1.165, 1.54) is 11.1 Å². The number of aryl methyl sites for hydroxylation is 1. The van der Waals surface area contributed by atoms with Crippen LogP contribution in [0.1, 0.15) is 30.9 Å². The van der Waals surface area contributed by atoms with Gasteiger partial charge in [0.2, 0.25) is 0 Å². The minimum atomic E-state index is 0.885. The van der Waals surface area contributed by atoms with Gasteiger partial charge in [-0.3, -0.25) is 0 Å². The molecule has 0 spiro atoms. The standard InChI is InChI=1S/C14H19NS/c1-4-15-14(16)10-7-12(3)13-8-5-11(2)6-9-13/h5-6,8-9H,3-4,7,10H2,1-2H3,(H,15,16). The molecule has 16 heavy (non-hydrogen) atoms. The van der Waals surface area contributed by atoms with E-state index in [4.69, 9.17) is 12.2 Å². The van der Waals surface area contributed by atoms with Crippen LogP contribution in [0.4, 0.5) is 0 Å². The Kier molecular flexibility index (Phi) is 5.20. The van der Waals surface area contributed by atoms with Gasteiger partial charge in [-0.1, -0.05) is 48.6 Å². The molecule has 0 atom stereocenters. The van der Waals surface area contributed by atoms with Crippen molar-refractivity contribution in [2.24, 2.45) is 0 Å². The average Bonchev–Trinajstić information content (AvgIpc) is 2.27. The Hall–Kier alpha value is -1.15. The Labute approximate surface area is 104 Å². The lowest BCUT2D eigenvalue weighted by Gasteiger charge is -2.08. The maximum Gasteiger partial charge on any atom is 0.0756 e. The average molecular weight is 233 g/mol. The smallest absolute Gasteiger partial charge is 0.0756 e. The van der Waals surface area contributed by atoms with Crippen molar-refractivity contribution in [3.63, 3.8) is 0 Å². The van der Waals surface area contributed by atoms with Gasteiger partial charge in [0.1, 0.15) is 0 Å². The van der Waals surface area contributed by atoms with E-state index in [0.717, 1.165) is 29.9 Å². The second-order valence-electron chi connectivity index (χ2n) is 3.92. The molecule has 0 radical (unpaired) electrons. The maximum absolute atomic E-state index is 5.19. The van der Waals surface area contributed by atoms with Gasteiger partial charge in [0.05, 0.1) is 4.99 Å². The van der Waals surface area contributed by atoms with Crippen LogP contribution in [0.25, 0.3) is 5.57 Å². The highest BCUT2D eigenvalue weighted by molar-refractivity contribution is 7.80. The van der Waals surface area contributed by atoms with E-state index in [-0.39, 0.29) is 0 Å². The van der Waals surface area contributed by atoms with Gasteiger partial charge in [-0.15, -0.1) is 0 Å². The third-order valence-electron chi connectivity index (χ3n) is 2.49. The van der Waals surface area contributed by atoms with Gasteiger partial charge in [-0.25, -0.2) is 0 Å². The normalized spacial score (nSPS) is 9.88. The molecule has 1 nitrogen and oxygen atoms in total. The van der Waals surface area contributed by atoms with Gasteiger partial charge >= 0.3 is 0 Å². The summed E-state index contributed by atoms with van der Waals surface area (Å²) in [7, 11) is 0. The SMILES string of the molecule is C=C(CCC(=S)NCC)c1ccc(C)cc1. The fraction of sp³-hybridized carbons (Fsp3) is 0.357. The fourth-order valence-corrected chi connectivity index (χ4v) is 1.73. The number of allylic oxidation sites excluding steroid dienone is 1. The summed E-state index contributed by atoms with van der Waals surface area (Å²) >= 11 is 5.19. The molecule has 86 valence electrons. The van der Waals surface area contributed by atoms with Crippen LogP contribution in [0.3, 0.4) is 0 Å². The summed E-state index contributed by atoms with van der Waals surface area (Å²) in [5, 5.41) is 3.15. The Morgan fingerprint density at radius 1 is 1.25 bits per heavy atom. The summed E-state index contributed by atoms with van der Waals surface area (Å²) in [6.45, 7) is 9.14. The lowest BCUT2D eigenvalue weighted by molar-refractivity contribution is 0.939. The topological polar surface area (TPSA) is 12.0 Å². The fourth-order valence-electron chi connectivity index (χ4n) is 1.48. The van der Waals surface area contributed by atoms with Crippen molar-refractivity contribution in [1.29, 1.82) is 0 Å². The molecule has 2 heteroatoms. The van der Waals surface area contributed by atoms with Crippen LogP contribution in [-0.2, 0) is 0 Å². The van der Waals surface area contributed by atoms with Crippen LogP contribution < -0.4 is 5.32 Å². The summed E-state index contributed by atoms with van der Waals surface area (Å²) in [5.74, 6) is 0. The van der Waals surface area contributed by atoms with Crippen molar-refractivity contribution in [2.75, 3.05) is 6.54 Å². The molecule has 1 rings (SSSR count). The first-order chi connectivity index (χ1) is 7.63. The first kappa shape index (κ1) is 12.9. The molecule has 0 saturated carbocycles. The highest BCUT2D eigenvalue weighted by atomic mass is 32.1. The number of benzene rings is 1. The van der Waals surface area contributed by atoms with Crippen molar-refractivity contribution < 1.29 is 0 Å². The molecule has 0 amide bonds. The van der Waals surface area contributed by atoms with Crippen molar-refractivity contribution in [3.05, 3.63) is 42.0 Å². The maximum atomic E-state index is 5.19. The van der Waals surface area contributed by atoms with Gasteiger partial charge in [0.25, 0.3) is 0 Å². The number of nitrogens with one attached hydrogen (secondary N) is 1. The molecular formula is C14H19NS. The van der Waals surface area contributed by atoms with Crippen LogP contribution >= 0.6 is 12.2 Å². The van der Waals surface area contributed by atoms with Crippen LogP contribution in [-0.4, -0.2) is 11.5 Å². The first-order valence-electron chi connectivity index (χ1n) is 5.65. The molecule has 0 aliphatic heterocycles. The van der Waals surface area contributed by atoms with Crippen molar-refractivity contribution >= 4 is 22.8 Å². The Morgan fingerprint density at radius 3 is 2.44 bits per heavy atom. The Morgan fingerprint density at radius 2 is 1.88 bits per heavy atom. The highest BCUT2D eigenvalue weighted by Crippen LogP contribution is 2.18. The van der Waals surface area contributed by atoms with E-state index in [0.29, 0.717) is 0 Å². The zero-order valence-corrected chi connectivity index (χ0v) is 10.9. The third kappa shape index (κ3) is 4.15. The van der Waals surface area contributed by atoms with Gasteiger partial charge < -0.3 is 5.32 Å². The zero-order valence-electron chi connectivity index (χ0n) is 10.0. The summed E-state index contributed by atoms with van der Waals surface area (Å²) < 4.78 is 0.